The van der Waals surface area contributed by atoms with E-state index < -0.39 is 0 Å². The number of carbonyl (C=O) groups is 1. The van der Waals surface area contributed by atoms with Crippen LogP contribution in [-0.2, 0) is 0 Å². The van der Waals surface area contributed by atoms with Crippen molar-refractivity contribution in [2.45, 2.75) is 4.90 Å². The van der Waals surface area contributed by atoms with E-state index in [0.717, 1.165) is 10.6 Å². The van der Waals surface area contributed by atoms with E-state index in [-0.39, 0.29) is 11.7 Å². The number of hydrogen-bond acceptors (Lipinski definition) is 4. The van der Waals surface area contributed by atoms with Crippen molar-refractivity contribution in [1.29, 1.82) is 0 Å². The minimum atomic E-state index is -0.296. The van der Waals surface area contributed by atoms with Crippen molar-refractivity contribution in [3.8, 4) is 0 Å². The molecular formula is C10H10N4OS. The van der Waals surface area contributed by atoms with Crippen LogP contribution < -0.4 is 5.32 Å². The fraction of sp³-hybridized carbons (Fsp3) is 0.100. The largest absolute Gasteiger partial charge is 0.319 e. The molecule has 0 saturated carbocycles. The van der Waals surface area contributed by atoms with Crippen LogP contribution in [0.4, 0.5) is 5.69 Å². The number of carbonyl (C=O) groups excluding carboxylic acids is 1. The third-order valence-corrected chi connectivity index (χ3v) is 2.68. The summed E-state index contributed by atoms with van der Waals surface area (Å²) in [5.74, 6) is -0.0923. The molecule has 1 amide bonds. The summed E-state index contributed by atoms with van der Waals surface area (Å²) in [6.07, 6.45) is 3.28. The number of thioether (sulfide) groups is 1. The molecule has 0 aliphatic heterocycles. The van der Waals surface area contributed by atoms with E-state index in [1.165, 1.54) is 6.33 Å². The summed E-state index contributed by atoms with van der Waals surface area (Å²) < 4.78 is 0. The van der Waals surface area contributed by atoms with Gasteiger partial charge in [-0.2, -0.15) is 5.10 Å². The van der Waals surface area contributed by atoms with Gasteiger partial charge in [0.25, 0.3) is 5.91 Å². The maximum absolute atomic E-state index is 11.6. The van der Waals surface area contributed by atoms with E-state index in [2.05, 4.69) is 20.5 Å². The smallest absolute Gasteiger partial charge is 0.292 e. The van der Waals surface area contributed by atoms with Gasteiger partial charge < -0.3 is 5.32 Å². The van der Waals surface area contributed by atoms with E-state index >= 15 is 0 Å². The van der Waals surface area contributed by atoms with Gasteiger partial charge in [0.05, 0.1) is 0 Å². The lowest BCUT2D eigenvalue weighted by atomic mass is 10.3. The molecule has 0 aliphatic rings. The molecule has 0 atom stereocenters. The Labute approximate surface area is 96.7 Å². The van der Waals surface area contributed by atoms with Gasteiger partial charge in [0.2, 0.25) is 5.82 Å². The highest BCUT2D eigenvalue weighted by molar-refractivity contribution is 7.98. The molecule has 0 fully saturated rings. The lowest BCUT2D eigenvalue weighted by Gasteiger charge is -2.04. The molecule has 16 heavy (non-hydrogen) atoms. The van der Waals surface area contributed by atoms with Crippen LogP contribution in [0.1, 0.15) is 10.6 Å². The first-order chi connectivity index (χ1) is 7.79. The first-order valence-electron chi connectivity index (χ1n) is 4.60. The van der Waals surface area contributed by atoms with Gasteiger partial charge in [-0.05, 0) is 24.5 Å². The van der Waals surface area contributed by atoms with Crippen LogP contribution >= 0.6 is 11.8 Å². The molecule has 0 aliphatic carbocycles. The Morgan fingerprint density at radius 3 is 3.06 bits per heavy atom. The van der Waals surface area contributed by atoms with Gasteiger partial charge in [-0.1, -0.05) is 6.07 Å². The van der Waals surface area contributed by atoms with Crippen molar-refractivity contribution in [1.82, 2.24) is 15.2 Å². The molecule has 0 unspecified atom stereocenters. The maximum atomic E-state index is 11.6. The third-order valence-electron chi connectivity index (χ3n) is 1.96. The Hall–Kier alpha value is -1.82. The van der Waals surface area contributed by atoms with Crippen LogP contribution in [0, 0.1) is 0 Å². The van der Waals surface area contributed by atoms with Gasteiger partial charge in [-0.3, -0.25) is 9.89 Å². The molecule has 0 saturated heterocycles. The summed E-state index contributed by atoms with van der Waals surface area (Å²) in [7, 11) is 0. The summed E-state index contributed by atoms with van der Waals surface area (Å²) in [4.78, 5) is 16.5. The monoisotopic (exact) mass is 234 g/mol. The molecule has 6 heteroatoms. The second-order valence-corrected chi connectivity index (χ2v) is 3.90. The molecule has 0 bridgehead atoms. The molecule has 0 spiro atoms. The van der Waals surface area contributed by atoms with Crippen LogP contribution in [0.25, 0.3) is 0 Å². The Morgan fingerprint density at radius 2 is 2.38 bits per heavy atom. The average molecular weight is 234 g/mol. The van der Waals surface area contributed by atoms with Crippen molar-refractivity contribution >= 4 is 23.4 Å². The highest BCUT2D eigenvalue weighted by atomic mass is 32.2. The zero-order valence-electron chi connectivity index (χ0n) is 8.60. The van der Waals surface area contributed by atoms with Crippen LogP contribution in [-0.4, -0.2) is 27.3 Å². The van der Waals surface area contributed by atoms with E-state index in [0.29, 0.717) is 0 Å². The molecule has 2 rings (SSSR count). The number of aromatic amines is 1. The fourth-order valence-corrected chi connectivity index (χ4v) is 1.67. The number of benzene rings is 1. The zero-order valence-corrected chi connectivity index (χ0v) is 9.41. The molecule has 2 aromatic rings. The summed E-state index contributed by atoms with van der Waals surface area (Å²) >= 11 is 1.62. The Morgan fingerprint density at radius 1 is 1.50 bits per heavy atom. The number of nitrogens with zero attached hydrogens (tertiary/aromatic N) is 2. The van der Waals surface area contributed by atoms with E-state index in [4.69, 9.17) is 0 Å². The van der Waals surface area contributed by atoms with E-state index in [9.17, 15) is 4.79 Å². The van der Waals surface area contributed by atoms with E-state index in [1.807, 2.05) is 30.5 Å². The summed E-state index contributed by atoms with van der Waals surface area (Å²) in [6.45, 7) is 0. The molecule has 2 N–H and O–H groups in total. The second kappa shape index (κ2) is 4.80. The number of aromatic nitrogens is 3. The van der Waals surface area contributed by atoms with Crippen molar-refractivity contribution < 1.29 is 4.79 Å². The van der Waals surface area contributed by atoms with Gasteiger partial charge >= 0.3 is 0 Å². The minimum absolute atomic E-state index is 0.203. The van der Waals surface area contributed by atoms with Crippen molar-refractivity contribution in [3.63, 3.8) is 0 Å². The van der Waals surface area contributed by atoms with Crippen LogP contribution in [0.2, 0.25) is 0 Å². The topological polar surface area (TPSA) is 70.7 Å². The summed E-state index contributed by atoms with van der Waals surface area (Å²) in [5, 5.41) is 8.86. The molecular weight excluding hydrogens is 224 g/mol. The summed E-state index contributed by atoms with van der Waals surface area (Å²) in [6, 6.07) is 7.60. The number of H-pyrrole nitrogens is 1. The van der Waals surface area contributed by atoms with Gasteiger partial charge in [0.15, 0.2) is 0 Å². The van der Waals surface area contributed by atoms with Crippen LogP contribution in [0.5, 0.6) is 0 Å². The molecule has 82 valence electrons. The van der Waals surface area contributed by atoms with Gasteiger partial charge in [-0.25, -0.2) is 4.98 Å². The molecule has 1 aromatic heterocycles. The fourth-order valence-electron chi connectivity index (χ4n) is 1.21. The predicted octanol–water partition coefficient (Wildman–Crippen LogP) is 1.78. The number of hydrogen-bond donors (Lipinski definition) is 2. The highest BCUT2D eigenvalue weighted by Gasteiger charge is 2.08. The van der Waals surface area contributed by atoms with E-state index in [1.54, 1.807) is 11.8 Å². The van der Waals surface area contributed by atoms with Crippen molar-refractivity contribution in [2.24, 2.45) is 0 Å². The number of amides is 1. The molecule has 5 nitrogen and oxygen atoms in total. The number of rotatable bonds is 3. The molecule has 1 heterocycles. The van der Waals surface area contributed by atoms with Crippen molar-refractivity contribution in [2.75, 3.05) is 11.6 Å². The predicted molar refractivity (Wildman–Crippen MR) is 62.6 cm³/mol. The molecule has 1 aromatic carbocycles. The first kappa shape index (κ1) is 10.7. The SMILES string of the molecule is CSc1cccc(NC(=O)c2ncn[nH]2)c1. The normalized spacial score (nSPS) is 10.1. The summed E-state index contributed by atoms with van der Waals surface area (Å²) in [5.41, 5.74) is 0.744. The Bertz CT molecular complexity index is 483. The van der Waals surface area contributed by atoms with Gasteiger partial charge in [0.1, 0.15) is 6.33 Å². The quantitative estimate of drug-likeness (QED) is 0.794. The lowest BCUT2D eigenvalue weighted by molar-refractivity contribution is 0.101. The molecule has 0 radical (unpaired) electrons. The Balaban J connectivity index is 2.12. The Kier molecular flexibility index (Phi) is 3.21. The number of nitrogens with one attached hydrogen (secondary N) is 2. The van der Waals surface area contributed by atoms with Crippen LogP contribution in [0.15, 0.2) is 35.5 Å². The maximum Gasteiger partial charge on any atom is 0.292 e. The second-order valence-electron chi connectivity index (χ2n) is 3.02. The lowest BCUT2D eigenvalue weighted by Crippen LogP contribution is -2.13. The zero-order chi connectivity index (χ0) is 11.4. The standard InChI is InChI=1S/C10H10N4OS/c1-16-8-4-2-3-7(5-8)13-10(15)9-11-6-12-14-9/h2-6H,1H3,(H,13,15)(H,11,12,14). The van der Waals surface area contributed by atoms with Gasteiger partial charge in [-0.15, -0.1) is 11.8 Å². The highest BCUT2D eigenvalue weighted by Crippen LogP contribution is 2.19. The first-order valence-corrected chi connectivity index (χ1v) is 5.83. The van der Waals surface area contributed by atoms with Crippen molar-refractivity contribution in [3.05, 3.63) is 36.4 Å². The van der Waals surface area contributed by atoms with Gasteiger partial charge in [0, 0.05) is 10.6 Å². The number of anilines is 1. The third kappa shape index (κ3) is 2.40. The average Bonchev–Trinajstić information content (AvgIpc) is 2.83. The van der Waals surface area contributed by atoms with Crippen LogP contribution in [0.3, 0.4) is 0 Å². The minimum Gasteiger partial charge on any atom is -0.319 e.